The quantitative estimate of drug-likeness (QED) is 0.752. The lowest BCUT2D eigenvalue weighted by molar-refractivity contribution is 0.377. The third-order valence-electron chi connectivity index (χ3n) is 2.17. The van der Waals surface area contributed by atoms with E-state index in [9.17, 15) is 0 Å². The zero-order valence-electron chi connectivity index (χ0n) is 7.42. The SMILES string of the molecule is Cl.Cl.NCCCC1CCCCN1. The first-order chi connectivity index (χ1) is 4.93. The predicted octanol–water partition coefficient (Wildman–Crippen LogP) is 1.71. The van der Waals surface area contributed by atoms with Gasteiger partial charge in [-0.25, -0.2) is 0 Å². The second-order valence-electron chi connectivity index (χ2n) is 3.08. The zero-order valence-corrected chi connectivity index (χ0v) is 9.05. The summed E-state index contributed by atoms with van der Waals surface area (Å²) in [5, 5.41) is 3.50. The van der Waals surface area contributed by atoms with Crippen LogP contribution in [0, 0.1) is 0 Å². The Morgan fingerprint density at radius 1 is 1.25 bits per heavy atom. The largest absolute Gasteiger partial charge is 0.330 e. The van der Waals surface area contributed by atoms with Crippen molar-refractivity contribution in [3.05, 3.63) is 0 Å². The van der Waals surface area contributed by atoms with Crippen molar-refractivity contribution in [2.24, 2.45) is 5.73 Å². The third-order valence-corrected chi connectivity index (χ3v) is 2.17. The number of nitrogens with one attached hydrogen (secondary N) is 1. The number of piperidine rings is 1. The molecule has 1 aliphatic rings. The molecule has 0 radical (unpaired) electrons. The van der Waals surface area contributed by atoms with Crippen LogP contribution in [0.5, 0.6) is 0 Å². The standard InChI is InChI=1S/C8H18N2.2ClH/c9-6-3-5-8-4-1-2-7-10-8;;/h8,10H,1-7,9H2;2*1H. The average Bonchev–Trinajstić information content (AvgIpc) is 2.03. The van der Waals surface area contributed by atoms with Crippen LogP contribution in [-0.2, 0) is 0 Å². The topological polar surface area (TPSA) is 38.0 Å². The van der Waals surface area contributed by atoms with Crippen LogP contribution < -0.4 is 11.1 Å². The summed E-state index contributed by atoms with van der Waals surface area (Å²) in [6.45, 7) is 2.06. The highest BCUT2D eigenvalue weighted by atomic mass is 35.5. The van der Waals surface area contributed by atoms with Gasteiger partial charge < -0.3 is 11.1 Å². The van der Waals surface area contributed by atoms with Crippen molar-refractivity contribution < 1.29 is 0 Å². The van der Waals surface area contributed by atoms with Crippen LogP contribution in [0.2, 0.25) is 0 Å². The maximum Gasteiger partial charge on any atom is 0.00675 e. The van der Waals surface area contributed by atoms with E-state index in [1.165, 1.54) is 38.6 Å². The number of nitrogens with two attached hydrogens (primary N) is 1. The smallest absolute Gasteiger partial charge is 0.00675 e. The summed E-state index contributed by atoms with van der Waals surface area (Å²) in [6, 6.07) is 0.775. The van der Waals surface area contributed by atoms with Crippen molar-refractivity contribution in [2.75, 3.05) is 13.1 Å². The monoisotopic (exact) mass is 214 g/mol. The van der Waals surface area contributed by atoms with Crippen LogP contribution in [0.4, 0.5) is 0 Å². The lowest BCUT2D eigenvalue weighted by atomic mass is 10.0. The molecule has 1 aliphatic heterocycles. The van der Waals surface area contributed by atoms with Gasteiger partial charge in [0.2, 0.25) is 0 Å². The second-order valence-corrected chi connectivity index (χ2v) is 3.08. The first-order valence-corrected chi connectivity index (χ1v) is 4.37. The van der Waals surface area contributed by atoms with Crippen molar-refractivity contribution in [1.82, 2.24) is 5.32 Å². The summed E-state index contributed by atoms with van der Waals surface area (Å²) < 4.78 is 0. The molecule has 0 aliphatic carbocycles. The van der Waals surface area contributed by atoms with Crippen LogP contribution >= 0.6 is 24.8 Å². The van der Waals surface area contributed by atoms with Gasteiger partial charge >= 0.3 is 0 Å². The molecule has 0 amide bonds. The fraction of sp³-hybridized carbons (Fsp3) is 1.00. The van der Waals surface area contributed by atoms with Gasteiger partial charge in [-0.05, 0) is 38.8 Å². The Labute approximate surface area is 87.5 Å². The van der Waals surface area contributed by atoms with Crippen LogP contribution in [-0.4, -0.2) is 19.1 Å². The second kappa shape index (κ2) is 9.59. The van der Waals surface area contributed by atoms with E-state index in [1.807, 2.05) is 0 Å². The molecule has 12 heavy (non-hydrogen) atoms. The van der Waals surface area contributed by atoms with Crippen molar-refractivity contribution in [2.45, 2.75) is 38.1 Å². The van der Waals surface area contributed by atoms with Crippen molar-refractivity contribution in [3.8, 4) is 0 Å². The molecule has 4 heteroatoms. The van der Waals surface area contributed by atoms with Gasteiger partial charge in [-0.15, -0.1) is 24.8 Å². The molecule has 3 N–H and O–H groups in total. The number of hydrogen-bond donors (Lipinski definition) is 2. The molecule has 1 saturated heterocycles. The summed E-state index contributed by atoms with van der Waals surface area (Å²) in [5.41, 5.74) is 5.42. The predicted molar refractivity (Wildman–Crippen MR) is 58.4 cm³/mol. The van der Waals surface area contributed by atoms with Crippen molar-refractivity contribution in [1.29, 1.82) is 0 Å². The Kier molecular flexibility index (Phi) is 12.0. The minimum absolute atomic E-state index is 0. The van der Waals surface area contributed by atoms with Gasteiger partial charge in [-0.3, -0.25) is 0 Å². The Balaban J connectivity index is 0. The van der Waals surface area contributed by atoms with Gasteiger partial charge in [0.05, 0.1) is 0 Å². The summed E-state index contributed by atoms with van der Waals surface area (Å²) in [4.78, 5) is 0. The van der Waals surface area contributed by atoms with Gasteiger partial charge in [-0.2, -0.15) is 0 Å². The molecule has 1 unspecified atom stereocenters. The number of rotatable bonds is 3. The fourth-order valence-corrected chi connectivity index (χ4v) is 1.53. The summed E-state index contributed by atoms with van der Waals surface area (Å²) in [7, 11) is 0. The lowest BCUT2D eigenvalue weighted by Crippen LogP contribution is -2.34. The minimum atomic E-state index is 0. The molecule has 0 bridgehead atoms. The third kappa shape index (κ3) is 6.06. The first-order valence-electron chi connectivity index (χ1n) is 4.37. The Bertz CT molecular complexity index is 85.1. The Morgan fingerprint density at radius 3 is 2.50 bits per heavy atom. The summed E-state index contributed by atoms with van der Waals surface area (Å²) in [6.07, 6.45) is 6.58. The van der Waals surface area contributed by atoms with E-state index < -0.39 is 0 Å². The molecule has 0 aromatic carbocycles. The van der Waals surface area contributed by atoms with Gasteiger partial charge in [0.15, 0.2) is 0 Å². The van der Waals surface area contributed by atoms with Gasteiger partial charge in [0.25, 0.3) is 0 Å². The Hall–Kier alpha value is 0.500. The fourth-order valence-electron chi connectivity index (χ4n) is 1.53. The van der Waals surface area contributed by atoms with Crippen LogP contribution in [0.3, 0.4) is 0 Å². The van der Waals surface area contributed by atoms with Crippen LogP contribution in [0.15, 0.2) is 0 Å². The normalized spacial score (nSPS) is 22.2. The van der Waals surface area contributed by atoms with E-state index in [1.54, 1.807) is 0 Å². The van der Waals surface area contributed by atoms with Crippen LogP contribution in [0.1, 0.15) is 32.1 Å². The molecule has 0 saturated carbocycles. The van der Waals surface area contributed by atoms with E-state index in [2.05, 4.69) is 5.32 Å². The van der Waals surface area contributed by atoms with Crippen molar-refractivity contribution in [3.63, 3.8) is 0 Å². The molecule has 1 atom stereocenters. The summed E-state index contributed by atoms with van der Waals surface area (Å²) in [5.74, 6) is 0. The number of hydrogen-bond acceptors (Lipinski definition) is 2. The molecular formula is C8H20Cl2N2. The maximum atomic E-state index is 5.42. The molecule has 1 fully saturated rings. The highest BCUT2D eigenvalue weighted by molar-refractivity contribution is 5.85. The summed E-state index contributed by atoms with van der Waals surface area (Å²) >= 11 is 0. The molecule has 0 aromatic heterocycles. The van der Waals surface area contributed by atoms with E-state index in [0.29, 0.717) is 0 Å². The van der Waals surface area contributed by atoms with Crippen molar-refractivity contribution >= 4 is 24.8 Å². The molecular weight excluding hydrogens is 195 g/mol. The highest BCUT2D eigenvalue weighted by Crippen LogP contribution is 2.10. The lowest BCUT2D eigenvalue weighted by Gasteiger charge is -2.22. The molecule has 0 spiro atoms. The van der Waals surface area contributed by atoms with Gasteiger partial charge in [-0.1, -0.05) is 6.42 Å². The van der Waals surface area contributed by atoms with Gasteiger partial charge in [0, 0.05) is 6.04 Å². The van der Waals surface area contributed by atoms with E-state index in [-0.39, 0.29) is 24.8 Å². The van der Waals surface area contributed by atoms with Crippen LogP contribution in [0.25, 0.3) is 0 Å². The molecule has 76 valence electrons. The zero-order chi connectivity index (χ0) is 7.23. The highest BCUT2D eigenvalue weighted by Gasteiger charge is 2.10. The van der Waals surface area contributed by atoms with Gasteiger partial charge in [0.1, 0.15) is 0 Å². The molecule has 2 nitrogen and oxygen atoms in total. The average molecular weight is 215 g/mol. The maximum absolute atomic E-state index is 5.42. The molecule has 1 rings (SSSR count). The molecule has 0 aromatic rings. The Morgan fingerprint density at radius 2 is 2.00 bits per heavy atom. The molecule has 1 heterocycles. The van der Waals surface area contributed by atoms with E-state index >= 15 is 0 Å². The number of halogens is 2. The first kappa shape index (κ1) is 15.0. The minimum Gasteiger partial charge on any atom is -0.330 e. The van der Waals surface area contributed by atoms with E-state index in [0.717, 1.165) is 12.6 Å². The van der Waals surface area contributed by atoms with E-state index in [4.69, 9.17) is 5.73 Å².